The highest BCUT2D eigenvalue weighted by atomic mass is 35.5. The molecule has 1 fully saturated rings. The molecule has 1 heterocycles. The van der Waals surface area contributed by atoms with E-state index in [1.54, 1.807) is 6.07 Å². The van der Waals surface area contributed by atoms with Gasteiger partial charge in [-0.25, -0.2) is 15.8 Å². The van der Waals surface area contributed by atoms with Crippen molar-refractivity contribution in [2.24, 2.45) is 4.99 Å². The summed E-state index contributed by atoms with van der Waals surface area (Å²) in [6.07, 6.45) is -4.21. The van der Waals surface area contributed by atoms with Crippen LogP contribution in [-0.2, 0) is 6.18 Å². The molecule has 0 radical (unpaired) electrons. The fraction of sp³-hybridized carbons (Fsp3) is 0.364. The lowest BCUT2D eigenvalue weighted by Gasteiger charge is -2.24. The first kappa shape index (κ1) is 24.0. The van der Waals surface area contributed by atoms with E-state index in [2.05, 4.69) is 26.5 Å². The number of nitrogens with zero attached hydrogens (tertiary/aromatic N) is 1. The molecule has 0 saturated carbocycles. The number of hydrogen-bond donors (Lipinski definition) is 4. The van der Waals surface area contributed by atoms with Gasteiger partial charge in [0, 0.05) is 28.6 Å². The van der Waals surface area contributed by atoms with E-state index in [0.29, 0.717) is 11.4 Å². The number of hydrogen-bond acceptors (Lipinski definition) is 4. The normalized spacial score (nSPS) is 19.7. The molecule has 0 spiro atoms. The van der Waals surface area contributed by atoms with E-state index in [9.17, 15) is 18.0 Å². The third-order valence-electron chi connectivity index (χ3n) is 4.62. The summed E-state index contributed by atoms with van der Waals surface area (Å²) in [4.78, 5) is 17.2. The Morgan fingerprint density at radius 3 is 2.38 bits per heavy atom. The van der Waals surface area contributed by atoms with Gasteiger partial charge in [-0.1, -0.05) is 23.7 Å². The number of guanidine groups is 1. The van der Waals surface area contributed by atoms with Crippen molar-refractivity contribution in [2.75, 3.05) is 0 Å². The number of aliphatic imine (C=N–C) groups is 1. The van der Waals surface area contributed by atoms with Crippen LogP contribution in [0.3, 0.4) is 0 Å². The van der Waals surface area contributed by atoms with Crippen LogP contribution in [0.2, 0.25) is 5.02 Å². The van der Waals surface area contributed by atoms with Crippen molar-refractivity contribution in [3.8, 4) is 0 Å². The number of rotatable bonds is 3. The third-order valence-corrected chi connectivity index (χ3v) is 4.85. The maximum absolute atomic E-state index is 12.8. The molecule has 6 nitrogen and oxygen atoms in total. The van der Waals surface area contributed by atoms with E-state index >= 15 is 0 Å². The van der Waals surface area contributed by atoms with Gasteiger partial charge in [0.15, 0.2) is 5.96 Å². The monoisotopic (exact) mass is 467 g/mol. The van der Waals surface area contributed by atoms with E-state index < -0.39 is 23.2 Å². The van der Waals surface area contributed by atoms with Crippen molar-refractivity contribution in [1.29, 1.82) is 0 Å². The van der Waals surface area contributed by atoms with Crippen molar-refractivity contribution in [3.63, 3.8) is 0 Å². The predicted molar refractivity (Wildman–Crippen MR) is 118 cm³/mol. The maximum Gasteiger partial charge on any atom is 0.416 e. The van der Waals surface area contributed by atoms with E-state index in [1.165, 1.54) is 0 Å². The van der Waals surface area contributed by atoms with Crippen LogP contribution in [0, 0.1) is 0 Å². The standard InChI is InChI=1S/C22H25ClF3N5O/c1-21(2,3)29-20(28-19(32)13-7-9-15(10-8-13)22(24,25)26)27-18-12-17(30-31-18)14-5-4-6-16(23)11-14/h4-11,17-18,30-31H,12H2,1-3H3,(H2,27,28,29,32). The molecule has 1 saturated heterocycles. The Balaban J connectivity index is 1.73. The first-order valence-corrected chi connectivity index (χ1v) is 10.4. The maximum atomic E-state index is 12.8. The number of benzene rings is 2. The molecule has 2 unspecified atom stereocenters. The molecule has 1 aliphatic rings. The first-order valence-electron chi connectivity index (χ1n) is 10.0. The molecule has 1 amide bonds. The molecule has 172 valence electrons. The van der Waals surface area contributed by atoms with Gasteiger partial charge >= 0.3 is 6.18 Å². The van der Waals surface area contributed by atoms with Crippen LogP contribution in [0.4, 0.5) is 13.2 Å². The second-order valence-electron chi connectivity index (χ2n) is 8.53. The Morgan fingerprint density at radius 2 is 1.78 bits per heavy atom. The summed E-state index contributed by atoms with van der Waals surface area (Å²) in [5, 5.41) is 6.44. The van der Waals surface area contributed by atoms with E-state index in [0.717, 1.165) is 29.8 Å². The zero-order valence-corrected chi connectivity index (χ0v) is 18.6. The van der Waals surface area contributed by atoms with Crippen molar-refractivity contribution >= 4 is 23.5 Å². The molecular formula is C22H25ClF3N5O. The number of alkyl halides is 3. The predicted octanol–water partition coefficient (Wildman–Crippen LogP) is 4.40. The molecule has 2 atom stereocenters. The first-order chi connectivity index (χ1) is 14.9. The van der Waals surface area contributed by atoms with Gasteiger partial charge in [0.05, 0.1) is 5.56 Å². The Labute approximate surface area is 189 Å². The SMILES string of the molecule is CC(C)(C)NC(=NC1CC(c2cccc(Cl)c2)NN1)NC(=O)c1ccc(C(F)(F)F)cc1. The molecule has 3 rings (SSSR count). The highest BCUT2D eigenvalue weighted by Gasteiger charge is 2.30. The Bertz CT molecular complexity index is 986. The minimum atomic E-state index is -4.46. The lowest BCUT2D eigenvalue weighted by Crippen LogP contribution is -2.50. The summed E-state index contributed by atoms with van der Waals surface area (Å²) in [6, 6.07) is 11.5. The topological polar surface area (TPSA) is 77.6 Å². The Hall–Kier alpha value is -2.62. The van der Waals surface area contributed by atoms with Crippen LogP contribution in [0.15, 0.2) is 53.5 Å². The summed E-state index contributed by atoms with van der Waals surface area (Å²) in [6.45, 7) is 5.71. The molecule has 0 aliphatic carbocycles. The molecular weight excluding hydrogens is 443 g/mol. The van der Waals surface area contributed by atoms with Crippen LogP contribution in [0.5, 0.6) is 0 Å². The van der Waals surface area contributed by atoms with Crippen molar-refractivity contribution in [1.82, 2.24) is 21.5 Å². The summed E-state index contributed by atoms with van der Waals surface area (Å²) < 4.78 is 38.3. The minimum Gasteiger partial charge on any atom is -0.351 e. The Kier molecular flexibility index (Phi) is 7.12. The van der Waals surface area contributed by atoms with Gasteiger partial charge in [0.25, 0.3) is 5.91 Å². The van der Waals surface area contributed by atoms with Crippen LogP contribution in [0.1, 0.15) is 54.7 Å². The smallest absolute Gasteiger partial charge is 0.351 e. The average Bonchev–Trinajstić information content (AvgIpc) is 3.14. The number of halogens is 4. The van der Waals surface area contributed by atoms with E-state index in [4.69, 9.17) is 11.6 Å². The number of amides is 1. The zero-order chi connectivity index (χ0) is 23.5. The molecule has 2 aromatic rings. The highest BCUT2D eigenvalue weighted by molar-refractivity contribution is 6.30. The number of hydrazine groups is 1. The van der Waals surface area contributed by atoms with Gasteiger partial charge in [-0.3, -0.25) is 10.1 Å². The molecule has 0 aromatic heterocycles. The van der Waals surface area contributed by atoms with Crippen LogP contribution in [0.25, 0.3) is 0 Å². The second-order valence-corrected chi connectivity index (χ2v) is 8.97. The fourth-order valence-electron chi connectivity index (χ4n) is 3.16. The average molecular weight is 468 g/mol. The van der Waals surface area contributed by atoms with Crippen LogP contribution in [-0.4, -0.2) is 23.6 Å². The summed E-state index contributed by atoms with van der Waals surface area (Å²) in [7, 11) is 0. The lowest BCUT2D eigenvalue weighted by molar-refractivity contribution is -0.137. The quantitative estimate of drug-likeness (QED) is 0.398. The fourth-order valence-corrected chi connectivity index (χ4v) is 3.36. The molecule has 1 aliphatic heterocycles. The van der Waals surface area contributed by atoms with Gasteiger partial charge in [0.1, 0.15) is 6.17 Å². The van der Waals surface area contributed by atoms with Gasteiger partial charge < -0.3 is 5.32 Å². The second kappa shape index (κ2) is 9.48. The lowest BCUT2D eigenvalue weighted by atomic mass is 10.0. The van der Waals surface area contributed by atoms with Gasteiger partial charge in [-0.15, -0.1) is 0 Å². The summed E-state index contributed by atoms with van der Waals surface area (Å²) in [5.74, 6) is -0.347. The number of carbonyl (C=O) groups is 1. The summed E-state index contributed by atoms with van der Waals surface area (Å²) in [5.41, 5.74) is 6.11. The molecule has 32 heavy (non-hydrogen) atoms. The van der Waals surface area contributed by atoms with Gasteiger partial charge in [0.2, 0.25) is 0 Å². The largest absolute Gasteiger partial charge is 0.416 e. The van der Waals surface area contributed by atoms with Crippen molar-refractivity contribution in [3.05, 3.63) is 70.2 Å². The third kappa shape index (κ3) is 6.69. The van der Waals surface area contributed by atoms with Gasteiger partial charge in [-0.05, 0) is 62.7 Å². The highest BCUT2D eigenvalue weighted by Crippen LogP contribution is 2.29. The molecule has 4 N–H and O–H groups in total. The molecule has 0 bridgehead atoms. The van der Waals surface area contributed by atoms with Gasteiger partial charge in [-0.2, -0.15) is 13.2 Å². The number of nitrogens with one attached hydrogen (secondary N) is 4. The minimum absolute atomic E-state index is 0.0241. The van der Waals surface area contributed by atoms with Crippen LogP contribution < -0.4 is 21.5 Å². The molecule has 2 aromatic carbocycles. The molecule has 10 heteroatoms. The Morgan fingerprint density at radius 1 is 1.09 bits per heavy atom. The summed E-state index contributed by atoms with van der Waals surface area (Å²) >= 11 is 6.07. The van der Waals surface area contributed by atoms with E-state index in [1.807, 2.05) is 39.0 Å². The van der Waals surface area contributed by atoms with Crippen molar-refractivity contribution < 1.29 is 18.0 Å². The zero-order valence-electron chi connectivity index (χ0n) is 17.8. The van der Waals surface area contributed by atoms with Crippen molar-refractivity contribution in [2.45, 2.75) is 51.1 Å². The van der Waals surface area contributed by atoms with E-state index in [-0.39, 0.29) is 23.7 Å². The number of carbonyl (C=O) groups excluding carboxylic acids is 1. The van der Waals surface area contributed by atoms with Crippen LogP contribution >= 0.6 is 11.6 Å².